The molecule has 0 radical (unpaired) electrons. The molecule has 0 aromatic heterocycles. The Bertz CT molecular complexity index is 161. The van der Waals surface area contributed by atoms with Gasteiger partial charge in [0, 0.05) is 13.1 Å². The van der Waals surface area contributed by atoms with Crippen molar-refractivity contribution in [2.75, 3.05) is 46.3 Å². The number of nitrogens with zero attached hydrogens (tertiary/aromatic N) is 2. The van der Waals surface area contributed by atoms with Crippen LogP contribution in [0.15, 0.2) is 0 Å². The first-order chi connectivity index (χ1) is 7.22. The summed E-state index contributed by atoms with van der Waals surface area (Å²) in [6, 6.07) is 0. The van der Waals surface area contributed by atoms with Crippen LogP contribution in [0.25, 0.3) is 0 Å². The summed E-state index contributed by atoms with van der Waals surface area (Å²) in [7, 11) is 2.22. The lowest BCUT2D eigenvalue weighted by atomic mass is 10.1. The molecule has 1 aliphatic rings. The first-order valence-electron chi connectivity index (χ1n) is 6.33. The van der Waals surface area contributed by atoms with Crippen LogP contribution in [0.4, 0.5) is 0 Å². The quantitative estimate of drug-likeness (QED) is 0.739. The van der Waals surface area contributed by atoms with E-state index >= 15 is 0 Å². The van der Waals surface area contributed by atoms with Crippen molar-refractivity contribution < 1.29 is 0 Å². The monoisotopic (exact) mass is 213 g/mol. The summed E-state index contributed by atoms with van der Waals surface area (Å²) in [5, 5.41) is 0. The molecule has 3 heteroatoms. The first-order valence-corrected chi connectivity index (χ1v) is 6.33. The summed E-state index contributed by atoms with van der Waals surface area (Å²) in [5.41, 5.74) is 5.61. The zero-order valence-corrected chi connectivity index (χ0v) is 10.4. The second kappa shape index (κ2) is 7.20. The van der Waals surface area contributed by atoms with Crippen LogP contribution in [-0.4, -0.2) is 56.1 Å². The van der Waals surface area contributed by atoms with E-state index in [9.17, 15) is 0 Å². The molecular weight excluding hydrogens is 186 g/mol. The van der Waals surface area contributed by atoms with Gasteiger partial charge < -0.3 is 15.5 Å². The average Bonchev–Trinajstić information content (AvgIpc) is 2.43. The van der Waals surface area contributed by atoms with Gasteiger partial charge in [0.05, 0.1) is 0 Å². The molecule has 1 aliphatic heterocycles. The fourth-order valence-corrected chi connectivity index (χ4v) is 2.10. The zero-order valence-electron chi connectivity index (χ0n) is 10.4. The lowest BCUT2D eigenvalue weighted by Gasteiger charge is -2.20. The molecule has 15 heavy (non-hydrogen) atoms. The van der Waals surface area contributed by atoms with Gasteiger partial charge in [0.25, 0.3) is 0 Å². The maximum atomic E-state index is 5.61. The Morgan fingerprint density at radius 1 is 1.20 bits per heavy atom. The maximum Gasteiger partial charge on any atom is 0.0109 e. The van der Waals surface area contributed by atoms with Gasteiger partial charge in [-0.3, -0.25) is 0 Å². The Hall–Kier alpha value is -0.120. The van der Waals surface area contributed by atoms with Gasteiger partial charge in [0.2, 0.25) is 0 Å². The highest BCUT2D eigenvalue weighted by molar-refractivity contribution is 4.67. The minimum atomic E-state index is 0.694. The smallest absolute Gasteiger partial charge is 0.0109 e. The summed E-state index contributed by atoms with van der Waals surface area (Å²) >= 11 is 0. The summed E-state index contributed by atoms with van der Waals surface area (Å²) in [4.78, 5) is 5.04. The zero-order chi connectivity index (χ0) is 11.1. The van der Waals surface area contributed by atoms with E-state index in [4.69, 9.17) is 5.73 Å². The van der Waals surface area contributed by atoms with Crippen molar-refractivity contribution in [3.63, 3.8) is 0 Å². The lowest BCUT2D eigenvalue weighted by Crippen LogP contribution is -2.30. The van der Waals surface area contributed by atoms with Crippen LogP contribution in [0, 0.1) is 5.92 Å². The predicted molar refractivity (Wildman–Crippen MR) is 66.0 cm³/mol. The second-order valence-electron chi connectivity index (χ2n) is 4.98. The Kier molecular flexibility index (Phi) is 6.22. The van der Waals surface area contributed by atoms with Gasteiger partial charge in [-0.05, 0) is 58.4 Å². The molecule has 0 aromatic rings. The molecule has 1 heterocycles. The van der Waals surface area contributed by atoms with E-state index in [-0.39, 0.29) is 0 Å². The van der Waals surface area contributed by atoms with E-state index in [0.717, 1.165) is 6.54 Å². The molecule has 0 amide bonds. The van der Waals surface area contributed by atoms with Crippen LogP contribution < -0.4 is 5.73 Å². The Morgan fingerprint density at radius 2 is 2.00 bits per heavy atom. The SMILES string of the molecule is CC(CN)CCCN1CCCN(C)CC1. The van der Waals surface area contributed by atoms with E-state index < -0.39 is 0 Å². The Morgan fingerprint density at radius 3 is 2.73 bits per heavy atom. The van der Waals surface area contributed by atoms with Crippen molar-refractivity contribution in [1.82, 2.24) is 9.80 Å². The molecule has 90 valence electrons. The van der Waals surface area contributed by atoms with Crippen molar-refractivity contribution in [3.8, 4) is 0 Å². The molecule has 0 aliphatic carbocycles. The minimum absolute atomic E-state index is 0.694. The molecule has 1 rings (SSSR count). The van der Waals surface area contributed by atoms with Gasteiger partial charge in [-0.1, -0.05) is 6.92 Å². The standard InChI is InChI=1S/C12H27N3/c1-12(11-13)5-3-7-15-8-4-6-14(2)9-10-15/h12H,3-11,13H2,1-2H3. The van der Waals surface area contributed by atoms with E-state index in [0.29, 0.717) is 5.92 Å². The van der Waals surface area contributed by atoms with E-state index in [1.165, 1.54) is 52.0 Å². The van der Waals surface area contributed by atoms with Crippen LogP contribution in [0.5, 0.6) is 0 Å². The molecule has 0 aromatic carbocycles. The fourth-order valence-electron chi connectivity index (χ4n) is 2.10. The minimum Gasteiger partial charge on any atom is -0.330 e. The van der Waals surface area contributed by atoms with E-state index in [1.807, 2.05) is 0 Å². The van der Waals surface area contributed by atoms with Crippen LogP contribution in [0.2, 0.25) is 0 Å². The van der Waals surface area contributed by atoms with Crippen LogP contribution in [0.3, 0.4) is 0 Å². The summed E-state index contributed by atoms with van der Waals surface area (Å²) in [6.07, 6.45) is 3.91. The van der Waals surface area contributed by atoms with Gasteiger partial charge in [-0.25, -0.2) is 0 Å². The third-order valence-electron chi connectivity index (χ3n) is 3.39. The van der Waals surface area contributed by atoms with Crippen LogP contribution in [0.1, 0.15) is 26.2 Å². The van der Waals surface area contributed by atoms with Crippen molar-refractivity contribution in [1.29, 1.82) is 0 Å². The largest absolute Gasteiger partial charge is 0.330 e. The number of likely N-dealkylation sites (N-methyl/N-ethyl adjacent to an activating group) is 1. The van der Waals surface area contributed by atoms with Crippen molar-refractivity contribution in [2.45, 2.75) is 26.2 Å². The topological polar surface area (TPSA) is 32.5 Å². The number of nitrogens with two attached hydrogens (primary N) is 1. The maximum absolute atomic E-state index is 5.61. The Balaban J connectivity index is 2.10. The molecule has 0 bridgehead atoms. The average molecular weight is 213 g/mol. The van der Waals surface area contributed by atoms with Gasteiger partial charge in [0.1, 0.15) is 0 Å². The van der Waals surface area contributed by atoms with Crippen molar-refractivity contribution in [3.05, 3.63) is 0 Å². The van der Waals surface area contributed by atoms with Gasteiger partial charge in [0.15, 0.2) is 0 Å². The molecule has 1 saturated heterocycles. The number of rotatable bonds is 5. The third-order valence-corrected chi connectivity index (χ3v) is 3.39. The molecule has 2 N–H and O–H groups in total. The van der Waals surface area contributed by atoms with Gasteiger partial charge in [-0.2, -0.15) is 0 Å². The summed E-state index contributed by atoms with van der Waals surface area (Å²) in [5.74, 6) is 0.694. The highest BCUT2D eigenvalue weighted by Crippen LogP contribution is 2.07. The van der Waals surface area contributed by atoms with Crippen molar-refractivity contribution >= 4 is 0 Å². The van der Waals surface area contributed by atoms with Gasteiger partial charge in [-0.15, -0.1) is 0 Å². The second-order valence-corrected chi connectivity index (χ2v) is 4.98. The molecule has 0 spiro atoms. The first kappa shape index (κ1) is 12.9. The number of hydrogen-bond donors (Lipinski definition) is 1. The van der Waals surface area contributed by atoms with Crippen LogP contribution in [-0.2, 0) is 0 Å². The predicted octanol–water partition coefficient (Wildman–Crippen LogP) is 0.999. The molecular formula is C12H27N3. The van der Waals surface area contributed by atoms with Crippen LogP contribution >= 0.6 is 0 Å². The third kappa shape index (κ3) is 5.50. The van der Waals surface area contributed by atoms with Crippen molar-refractivity contribution in [2.24, 2.45) is 11.7 Å². The van der Waals surface area contributed by atoms with E-state index in [1.54, 1.807) is 0 Å². The Labute approximate surface area is 94.6 Å². The normalized spacial score (nSPS) is 22.6. The highest BCUT2D eigenvalue weighted by atomic mass is 15.2. The fraction of sp³-hybridized carbons (Fsp3) is 1.00. The molecule has 1 fully saturated rings. The summed E-state index contributed by atoms with van der Waals surface area (Å²) in [6.45, 7) is 9.36. The summed E-state index contributed by atoms with van der Waals surface area (Å²) < 4.78 is 0. The highest BCUT2D eigenvalue weighted by Gasteiger charge is 2.11. The van der Waals surface area contributed by atoms with E-state index in [2.05, 4.69) is 23.8 Å². The lowest BCUT2D eigenvalue weighted by molar-refractivity contribution is 0.266. The number of hydrogen-bond acceptors (Lipinski definition) is 3. The van der Waals surface area contributed by atoms with Gasteiger partial charge >= 0.3 is 0 Å². The molecule has 0 saturated carbocycles. The molecule has 1 atom stereocenters. The molecule has 3 nitrogen and oxygen atoms in total. The molecule has 1 unspecified atom stereocenters.